The Labute approximate surface area is 92.7 Å². The Morgan fingerprint density at radius 2 is 1.79 bits per heavy atom. The molecule has 0 atom stereocenters. The third-order valence-electron chi connectivity index (χ3n) is 1.97. The van der Waals surface area contributed by atoms with Gasteiger partial charge in [-0.15, -0.1) is 12.4 Å². The van der Waals surface area contributed by atoms with Crippen molar-refractivity contribution in [3.8, 4) is 0 Å². The van der Waals surface area contributed by atoms with Crippen LogP contribution in [0.15, 0.2) is 0 Å². The van der Waals surface area contributed by atoms with Gasteiger partial charge in [0.1, 0.15) is 0 Å². The second kappa shape index (κ2) is 12.7. The molecule has 0 rings (SSSR count). The van der Waals surface area contributed by atoms with E-state index in [4.69, 9.17) is 5.11 Å². The van der Waals surface area contributed by atoms with Gasteiger partial charge in [0.15, 0.2) is 0 Å². The van der Waals surface area contributed by atoms with Gasteiger partial charge in [-0.05, 0) is 13.0 Å². The SMILES string of the molecule is CCCCCCCNCCC(=O)O.Cl. The van der Waals surface area contributed by atoms with Gasteiger partial charge in [-0.3, -0.25) is 4.79 Å². The van der Waals surface area contributed by atoms with E-state index >= 15 is 0 Å². The van der Waals surface area contributed by atoms with E-state index in [2.05, 4.69) is 12.2 Å². The first kappa shape index (κ1) is 16.2. The van der Waals surface area contributed by atoms with E-state index in [1.165, 1.54) is 32.1 Å². The summed E-state index contributed by atoms with van der Waals surface area (Å²) >= 11 is 0. The monoisotopic (exact) mass is 223 g/mol. The lowest BCUT2D eigenvalue weighted by Gasteiger charge is -2.02. The Kier molecular flexibility index (Phi) is 14.7. The van der Waals surface area contributed by atoms with Crippen molar-refractivity contribution in [2.45, 2.75) is 45.4 Å². The first-order valence-corrected chi connectivity index (χ1v) is 5.20. The molecule has 0 radical (unpaired) electrons. The smallest absolute Gasteiger partial charge is 0.304 e. The molecule has 0 aromatic carbocycles. The molecule has 0 saturated heterocycles. The lowest BCUT2D eigenvalue weighted by molar-refractivity contribution is -0.136. The van der Waals surface area contributed by atoms with Crippen molar-refractivity contribution >= 4 is 18.4 Å². The number of carboxylic acid groups (broad SMARTS) is 1. The summed E-state index contributed by atoms with van der Waals surface area (Å²) in [5.74, 6) is -0.724. The van der Waals surface area contributed by atoms with Gasteiger partial charge in [-0.2, -0.15) is 0 Å². The zero-order chi connectivity index (χ0) is 9.94. The fourth-order valence-corrected chi connectivity index (χ4v) is 1.17. The van der Waals surface area contributed by atoms with E-state index in [-0.39, 0.29) is 18.8 Å². The van der Waals surface area contributed by atoms with Crippen LogP contribution < -0.4 is 5.32 Å². The lowest BCUT2D eigenvalue weighted by Crippen LogP contribution is -2.19. The summed E-state index contributed by atoms with van der Waals surface area (Å²) in [5.41, 5.74) is 0. The third-order valence-corrected chi connectivity index (χ3v) is 1.97. The van der Waals surface area contributed by atoms with E-state index in [1.54, 1.807) is 0 Å². The van der Waals surface area contributed by atoms with Crippen LogP contribution in [0.4, 0.5) is 0 Å². The predicted octanol–water partition coefficient (Wildman–Crippen LogP) is 2.44. The maximum atomic E-state index is 10.1. The largest absolute Gasteiger partial charge is 0.481 e. The summed E-state index contributed by atoms with van der Waals surface area (Å²) < 4.78 is 0. The molecule has 2 N–H and O–H groups in total. The molecule has 0 aliphatic rings. The Bertz CT molecular complexity index is 131. The number of aliphatic carboxylic acids is 1. The Morgan fingerprint density at radius 3 is 2.36 bits per heavy atom. The lowest BCUT2D eigenvalue weighted by atomic mass is 10.1. The summed E-state index contributed by atoms with van der Waals surface area (Å²) in [4.78, 5) is 10.1. The van der Waals surface area contributed by atoms with Crippen molar-refractivity contribution < 1.29 is 9.90 Å². The Hall–Kier alpha value is -0.280. The number of halogens is 1. The number of unbranched alkanes of at least 4 members (excludes halogenated alkanes) is 4. The topological polar surface area (TPSA) is 49.3 Å². The van der Waals surface area contributed by atoms with Gasteiger partial charge in [0, 0.05) is 6.54 Å². The molecule has 86 valence electrons. The fourth-order valence-electron chi connectivity index (χ4n) is 1.17. The third kappa shape index (κ3) is 14.3. The highest BCUT2D eigenvalue weighted by Gasteiger charge is 1.94. The minimum atomic E-state index is -0.724. The van der Waals surface area contributed by atoms with Crippen LogP contribution in [-0.2, 0) is 4.79 Å². The molecule has 0 amide bonds. The van der Waals surface area contributed by atoms with Gasteiger partial charge < -0.3 is 10.4 Å². The molecule has 0 aromatic heterocycles. The summed E-state index contributed by atoms with van der Waals surface area (Å²) in [6.45, 7) is 3.76. The normalized spacial score (nSPS) is 9.50. The molecule has 14 heavy (non-hydrogen) atoms. The van der Waals surface area contributed by atoms with Crippen LogP contribution in [0.1, 0.15) is 45.4 Å². The summed E-state index contributed by atoms with van der Waals surface area (Å²) in [6.07, 6.45) is 6.54. The minimum absolute atomic E-state index is 0. The molecule has 0 aliphatic carbocycles. The molecule has 0 spiro atoms. The highest BCUT2D eigenvalue weighted by molar-refractivity contribution is 5.85. The molecular weight excluding hydrogens is 202 g/mol. The molecule has 0 bridgehead atoms. The molecule has 0 saturated carbocycles. The highest BCUT2D eigenvalue weighted by Crippen LogP contribution is 2.00. The molecule has 3 nitrogen and oxygen atoms in total. The first-order chi connectivity index (χ1) is 6.27. The van der Waals surface area contributed by atoms with E-state index in [0.717, 1.165) is 6.54 Å². The van der Waals surface area contributed by atoms with E-state index in [0.29, 0.717) is 6.54 Å². The van der Waals surface area contributed by atoms with Gasteiger partial charge in [-0.25, -0.2) is 0 Å². The summed E-state index contributed by atoms with van der Waals surface area (Å²) in [7, 11) is 0. The van der Waals surface area contributed by atoms with Crippen LogP contribution >= 0.6 is 12.4 Å². The average molecular weight is 224 g/mol. The van der Waals surface area contributed by atoms with E-state index in [1.807, 2.05) is 0 Å². The second-order valence-corrected chi connectivity index (χ2v) is 3.31. The van der Waals surface area contributed by atoms with Gasteiger partial charge in [-0.1, -0.05) is 32.6 Å². The predicted molar refractivity (Wildman–Crippen MR) is 61.1 cm³/mol. The van der Waals surface area contributed by atoms with E-state index in [9.17, 15) is 4.79 Å². The quantitative estimate of drug-likeness (QED) is 0.591. The first-order valence-electron chi connectivity index (χ1n) is 5.20. The molecule has 0 aromatic rings. The van der Waals surface area contributed by atoms with Crippen LogP contribution in [0.2, 0.25) is 0 Å². The zero-order valence-corrected chi connectivity index (χ0v) is 9.74. The number of carbonyl (C=O) groups is 1. The van der Waals surface area contributed by atoms with Crippen LogP contribution in [0, 0.1) is 0 Å². The Morgan fingerprint density at radius 1 is 1.14 bits per heavy atom. The van der Waals surface area contributed by atoms with Gasteiger partial charge in [0.2, 0.25) is 0 Å². The number of hydrogen-bond donors (Lipinski definition) is 2. The average Bonchev–Trinajstić information content (AvgIpc) is 2.09. The molecular formula is C10H22ClNO2. The second-order valence-electron chi connectivity index (χ2n) is 3.31. The maximum absolute atomic E-state index is 10.1. The van der Waals surface area contributed by atoms with Gasteiger partial charge in [0.25, 0.3) is 0 Å². The highest BCUT2D eigenvalue weighted by atomic mass is 35.5. The van der Waals surface area contributed by atoms with Crippen molar-refractivity contribution in [3.63, 3.8) is 0 Å². The molecule has 4 heteroatoms. The number of nitrogens with one attached hydrogen (secondary N) is 1. The number of carboxylic acids is 1. The van der Waals surface area contributed by atoms with Crippen molar-refractivity contribution in [1.29, 1.82) is 0 Å². The molecule has 0 unspecified atom stereocenters. The van der Waals surface area contributed by atoms with Crippen molar-refractivity contribution in [3.05, 3.63) is 0 Å². The number of hydrogen-bond acceptors (Lipinski definition) is 2. The fraction of sp³-hybridized carbons (Fsp3) is 0.900. The Balaban J connectivity index is 0. The standard InChI is InChI=1S/C10H21NO2.ClH/c1-2-3-4-5-6-8-11-9-7-10(12)13;/h11H,2-9H2,1H3,(H,12,13);1H. The number of rotatable bonds is 9. The van der Waals surface area contributed by atoms with Crippen LogP contribution in [0.3, 0.4) is 0 Å². The molecule has 0 heterocycles. The summed E-state index contributed by atoms with van der Waals surface area (Å²) in [5, 5.41) is 11.5. The van der Waals surface area contributed by atoms with Crippen LogP contribution in [-0.4, -0.2) is 24.2 Å². The molecule has 0 fully saturated rings. The van der Waals surface area contributed by atoms with Crippen molar-refractivity contribution in [1.82, 2.24) is 5.32 Å². The van der Waals surface area contributed by atoms with Gasteiger partial charge in [0.05, 0.1) is 6.42 Å². The molecule has 0 aliphatic heterocycles. The summed E-state index contributed by atoms with van der Waals surface area (Å²) in [6, 6.07) is 0. The van der Waals surface area contributed by atoms with E-state index < -0.39 is 5.97 Å². The van der Waals surface area contributed by atoms with Gasteiger partial charge >= 0.3 is 5.97 Å². The maximum Gasteiger partial charge on any atom is 0.304 e. The van der Waals surface area contributed by atoms with Crippen molar-refractivity contribution in [2.75, 3.05) is 13.1 Å². The van der Waals surface area contributed by atoms with Crippen LogP contribution in [0.25, 0.3) is 0 Å². The van der Waals surface area contributed by atoms with Crippen molar-refractivity contribution in [2.24, 2.45) is 0 Å². The van der Waals surface area contributed by atoms with Crippen LogP contribution in [0.5, 0.6) is 0 Å². The minimum Gasteiger partial charge on any atom is -0.481 e. The zero-order valence-electron chi connectivity index (χ0n) is 8.92.